The molecule has 3 aromatic rings. The summed E-state index contributed by atoms with van der Waals surface area (Å²) in [5.74, 6) is 1.25. The Morgan fingerprint density at radius 1 is 1.16 bits per heavy atom. The van der Waals surface area contributed by atoms with Crippen LogP contribution in [-0.2, 0) is 11.8 Å². The number of rotatable bonds is 3. The molecule has 1 aromatic heterocycles. The van der Waals surface area contributed by atoms with E-state index in [1.54, 1.807) is 6.07 Å². The molecule has 5 rings (SSSR count). The second kappa shape index (κ2) is 8.77. The molecule has 0 spiro atoms. The summed E-state index contributed by atoms with van der Waals surface area (Å²) in [4.78, 5) is 17.6. The topological polar surface area (TPSA) is 72.9 Å². The van der Waals surface area contributed by atoms with Crippen LogP contribution in [0.4, 0.5) is 10.1 Å². The summed E-state index contributed by atoms with van der Waals surface area (Å²) in [6.45, 7) is 1.98. The fraction of sp³-hybridized carbons (Fsp3) is 0.391. The summed E-state index contributed by atoms with van der Waals surface area (Å²) >= 11 is 0. The van der Waals surface area contributed by atoms with Crippen molar-refractivity contribution in [2.45, 2.75) is 32.2 Å². The van der Waals surface area contributed by atoms with Gasteiger partial charge in [-0.15, -0.1) is 24.8 Å². The van der Waals surface area contributed by atoms with E-state index in [1.807, 2.05) is 36.7 Å². The van der Waals surface area contributed by atoms with E-state index in [4.69, 9.17) is 5.73 Å². The molecule has 2 fully saturated rings. The normalized spacial score (nSPS) is 24.0. The van der Waals surface area contributed by atoms with Gasteiger partial charge >= 0.3 is 0 Å². The molecule has 31 heavy (non-hydrogen) atoms. The van der Waals surface area contributed by atoms with Crippen molar-refractivity contribution in [1.29, 1.82) is 0 Å². The van der Waals surface area contributed by atoms with Crippen molar-refractivity contribution in [3.8, 4) is 11.4 Å². The molecule has 0 radical (unpaired) electrons. The predicted octanol–water partition coefficient (Wildman–Crippen LogP) is 4.84. The second-order valence-corrected chi connectivity index (χ2v) is 8.58. The highest BCUT2D eigenvalue weighted by Gasteiger charge is 2.49. The van der Waals surface area contributed by atoms with E-state index in [0.717, 1.165) is 47.4 Å². The Kier molecular flexibility index (Phi) is 6.65. The molecule has 2 bridgehead atoms. The maximum atomic E-state index is 13.6. The Bertz CT molecular complexity index is 1130. The minimum atomic E-state index is -0.304. The molecule has 2 aliphatic rings. The van der Waals surface area contributed by atoms with E-state index in [1.165, 1.54) is 12.1 Å². The molecule has 5 nitrogen and oxygen atoms in total. The standard InChI is InChI=1S/C23H25FN4O.2ClH/c1-12-3-4-15(22-26-18-11-16(24)7-8-19(18)28(22)2)10-17(12)27-23(29)20-13-5-6-14(9-13)21(20)25;;/h3-4,7-8,10-11,13-14,20-21H,5-6,9,25H2,1-2H3,(H,27,29);2*1H. The van der Waals surface area contributed by atoms with Crippen LogP contribution in [0.2, 0.25) is 0 Å². The zero-order valence-corrected chi connectivity index (χ0v) is 19.1. The van der Waals surface area contributed by atoms with E-state index in [-0.39, 0.29) is 48.5 Å². The van der Waals surface area contributed by atoms with Crippen molar-refractivity contribution in [3.05, 3.63) is 47.8 Å². The number of hydrogen-bond donors (Lipinski definition) is 2. The Balaban J connectivity index is 0.00000136. The monoisotopic (exact) mass is 464 g/mol. The fourth-order valence-electron chi connectivity index (χ4n) is 5.27. The number of carbonyl (C=O) groups excluding carboxylic acids is 1. The van der Waals surface area contributed by atoms with Crippen LogP contribution >= 0.6 is 24.8 Å². The number of nitrogens with zero attached hydrogens (tertiary/aromatic N) is 2. The highest BCUT2D eigenvalue weighted by molar-refractivity contribution is 5.95. The third-order valence-corrected chi connectivity index (χ3v) is 6.88. The number of anilines is 1. The van der Waals surface area contributed by atoms with Crippen molar-refractivity contribution >= 4 is 47.4 Å². The molecule has 0 aliphatic heterocycles. The quantitative estimate of drug-likeness (QED) is 0.581. The number of imidazole rings is 1. The highest BCUT2D eigenvalue weighted by atomic mass is 35.5. The van der Waals surface area contributed by atoms with Gasteiger partial charge in [0.2, 0.25) is 5.91 Å². The highest BCUT2D eigenvalue weighted by Crippen LogP contribution is 2.48. The molecule has 1 heterocycles. The van der Waals surface area contributed by atoms with E-state index >= 15 is 0 Å². The maximum absolute atomic E-state index is 13.6. The van der Waals surface area contributed by atoms with Gasteiger partial charge in [0, 0.05) is 30.4 Å². The van der Waals surface area contributed by atoms with E-state index in [0.29, 0.717) is 17.4 Å². The van der Waals surface area contributed by atoms with E-state index in [2.05, 4.69) is 10.3 Å². The van der Waals surface area contributed by atoms with Crippen LogP contribution in [0, 0.1) is 30.5 Å². The molecule has 166 valence electrons. The first-order valence-corrected chi connectivity index (χ1v) is 10.2. The van der Waals surface area contributed by atoms with Crippen LogP contribution < -0.4 is 11.1 Å². The van der Waals surface area contributed by atoms with Gasteiger partial charge in [0.05, 0.1) is 17.0 Å². The van der Waals surface area contributed by atoms with E-state index in [9.17, 15) is 9.18 Å². The number of fused-ring (bicyclic) bond motifs is 3. The number of amides is 1. The van der Waals surface area contributed by atoms with Gasteiger partial charge in [0.1, 0.15) is 11.6 Å². The summed E-state index contributed by atoms with van der Waals surface area (Å²) in [7, 11) is 1.91. The number of aromatic nitrogens is 2. The van der Waals surface area contributed by atoms with Gasteiger partial charge in [0.25, 0.3) is 0 Å². The minimum absolute atomic E-state index is 0. The molecule has 1 amide bonds. The molecule has 2 aromatic carbocycles. The van der Waals surface area contributed by atoms with Crippen LogP contribution in [-0.4, -0.2) is 21.5 Å². The van der Waals surface area contributed by atoms with Crippen molar-refractivity contribution < 1.29 is 9.18 Å². The molecule has 2 saturated carbocycles. The zero-order valence-electron chi connectivity index (χ0n) is 17.5. The lowest BCUT2D eigenvalue weighted by Gasteiger charge is -2.27. The Morgan fingerprint density at radius 3 is 2.61 bits per heavy atom. The van der Waals surface area contributed by atoms with Gasteiger partial charge < -0.3 is 15.6 Å². The van der Waals surface area contributed by atoms with Gasteiger partial charge in [-0.3, -0.25) is 4.79 Å². The molecule has 8 heteroatoms. The molecule has 3 N–H and O–H groups in total. The number of hydrogen-bond acceptors (Lipinski definition) is 3. The van der Waals surface area contributed by atoms with Gasteiger partial charge in [-0.25, -0.2) is 9.37 Å². The number of aryl methyl sites for hydroxylation is 2. The van der Waals surface area contributed by atoms with Gasteiger partial charge in [-0.1, -0.05) is 12.1 Å². The third kappa shape index (κ3) is 3.93. The molecule has 4 atom stereocenters. The number of nitrogens with two attached hydrogens (primary N) is 1. The SMILES string of the molecule is Cc1ccc(-c2nc3cc(F)ccc3n2C)cc1NC(=O)C1C2CCC(C2)C1N.Cl.Cl. The first-order chi connectivity index (χ1) is 13.9. The lowest BCUT2D eigenvalue weighted by Crippen LogP contribution is -2.42. The lowest BCUT2D eigenvalue weighted by molar-refractivity contribution is -0.121. The summed E-state index contributed by atoms with van der Waals surface area (Å²) < 4.78 is 15.5. The second-order valence-electron chi connectivity index (χ2n) is 8.58. The largest absolute Gasteiger partial charge is 0.327 e. The molecule has 4 unspecified atom stereocenters. The number of nitrogens with one attached hydrogen (secondary N) is 1. The number of halogens is 3. The average Bonchev–Trinajstić information content (AvgIpc) is 3.37. The maximum Gasteiger partial charge on any atom is 0.229 e. The predicted molar refractivity (Wildman–Crippen MR) is 126 cm³/mol. The van der Waals surface area contributed by atoms with E-state index < -0.39 is 0 Å². The average molecular weight is 465 g/mol. The van der Waals surface area contributed by atoms with Crippen molar-refractivity contribution in [2.75, 3.05) is 5.32 Å². The molecule has 0 saturated heterocycles. The number of carbonyl (C=O) groups is 1. The molecule has 2 aliphatic carbocycles. The van der Waals surface area contributed by atoms with Crippen LogP contribution in [0.3, 0.4) is 0 Å². The van der Waals surface area contributed by atoms with Crippen LogP contribution in [0.15, 0.2) is 36.4 Å². The Morgan fingerprint density at radius 2 is 1.90 bits per heavy atom. The van der Waals surface area contributed by atoms with Gasteiger partial charge in [0.15, 0.2) is 0 Å². The van der Waals surface area contributed by atoms with Crippen LogP contribution in [0.5, 0.6) is 0 Å². The number of benzene rings is 2. The van der Waals surface area contributed by atoms with Gasteiger partial charge in [-0.2, -0.15) is 0 Å². The van der Waals surface area contributed by atoms with Gasteiger partial charge in [-0.05, 0) is 61.8 Å². The van der Waals surface area contributed by atoms with Crippen LogP contribution in [0.1, 0.15) is 24.8 Å². The smallest absolute Gasteiger partial charge is 0.229 e. The summed E-state index contributed by atoms with van der Waals surface area (Å²) in [5.41, 5.74) is 10.5. The summed E-state index contributed by atoms with van der Waals surface area (Å²) in [5, 5.41) is 3.12. The van der Waals surface area contributed by atoms with Crippen LogP contribution in [0.25, 0.3) is 22.4 Å². The van der Waals surface area contributed by atoms with Crippen molar-refractivity contribution in [3.63, 3.8) is 0 Å². The fourth-order valence-corrected chi connectivity index (χ4v) is 5.27. The first-order valence-electron chi connectivity index (χ1n) is 10.2. The Labute approximate surface area is 193 Å². The Hall–Kier alpha value is -2.15. The molecular formula is C23H27Cl2FN4O. The third-order valence-electron chi connectivity index (χ3n) is 6.88. The first kappa shape index (κ1) is 23.5. The summed E-state index contributed by atoms with van der Waals surface area (Å²) in [6.07, 6.45) is 3.33. The summed E-state index contributed by atoms with van der Waals surface area (Å²) in [6, 6.07) is 10.5. The molecular weight excluding hydrogens is 438 g/mol. The van der Waals surface area contributed by atoms with Crippen molar-refractivity contribution in [2.24, 2.45) is 30.5 Å². The zero-order chi connectivity index (χ0) is 20.3. The minimum Gasteiger partial charge on any atom is -0.327 e. The lowest BCUT2D eigenvalue weighted by atomic mass is 9.84. The van der Waals surface area contributed by atoms with Crippen molar-refractivity contribution in [1.82, 2.24) is 9.55 Å².